The standard InChI is InChI=1S/C12H13N3O4S/c1-12(18-2-3-19-12)11-4-9(8-20-11)6-14-7-10(5-13-14)15(16)17/h4-5,7-8H,2-3,6H2,1H3. The predicted octanol–water partition coefficient (Wildman–Crippen LogP) is 2.12. The van der Waals surface area contributed by atoms with E-state index < -0.39 is 10.7 Å². The Morgan fingerprint density at radius 2 is 2.30 bits per heavy atom. The van der Waals surface area contributed by atoms with E-state index in [0.29, 0.717) is 19.8 Å². The van der Waals surface area contributed by atoms with E-state index in [9.17, 15) is 10.1 Å². The summed E-state index contributed by atoms with van der Waals surface area (Å²) in [7, 11) is 0. The molecule has 7 nitrogen and oxygen atoms in total. The Bertz CT molecular complexity index is 630. The van der Waals surface area contributed by atoms with Gasteiger partial charge >= 0.3 is 5.69 Å². The Balaban J connectivity index is 1.75. The SMILES string of the molecule is CC1(c2cc(Cn3cc([N+](=O)[O-])cn3)cs2)OCCO1. The van der Waals surface area contributed by atoms with E-state index in [2.05, 4.69) is 5.10 Å². The van der Waals surface area contributed by atoms with Crippen molar-refractivity contribution in [3.8, 4) is 0 Å². The molecule has 20 heavy (non-hydrogen) atoms. The molecule has 3 rings (SSSR count). The Morgan fingerprint density at radius 1 is 1.55 bits per heavy atom. The topological polar surface area (TPSA) is 79.4 Å². The van der Waals surface area contributed by atoms with Crippen LogP contribution in [0.5, 0.6) is 0 Å². The molecule has 0 aliphatic carbocycles. The van der Waals surface area contributed by atoms with Crippen molar-refractivity contribution in [1.29, 1.82) is 0 Å². The van der Waals surface area contributed by atoms with Crippen LogP contribution in [-0.2, 0) is 21.8 Å². The summed E-state index contributed by atoms with van der Waals surface area (Å²) < 4.78 is 12.7. The summed E-state index contributed by atoms with van der Waals surface area (Å²) in [5.41, 5.74) is 1.01. The second kappa shape index (κ2) is 4.97. The van der Waals surface area contributed by atoms with E-state index in [0.717, 1.165) is 10.4 Å². The molecular formula is C12H13N3O4S. The summed E-state index contributed by atoms with van der Waals surface area (Å²) in [5, 5.41) is 16.6. The lowest BCUT2D eigenvalue weighted by molar-refractivity contribution is -0.385. The van der Waals surface area contributed by atoms with E-state index in [-0.39, 0.29) is 5.69 Å². The third-order valence-corrected chi connectivity index (χ3v) is 4.28. The molecule has 0 saturated carbocycles. The van der Waals surface area contributed by atoms with E-state index in [1.807, 2.05) is 18.4 Å². The zero-order valence-electron chi connectivity index (χ0n) is 10.8. The van der Waals surface area contributed by atoms with Crippen molar-refractivity contribution in [3.05, 3.63) is 44.4 Å². The summed E-state index contributed by atoms with van der Waals surface area (Å²) in [6, 6.07) is 1.99. The minimum Gasteiger partial charge on any atom is -0.343 e. The number of hydrogen-bond acceptors (Lipinski definition) is 6. The first-order valence-electron chi connectivity index (χ1n) is 6.09. The molecule has 0 unspecified atom stereocenters. The summed E-state index contributed by atoms with van der Waals surface area (Å²) in [6.07, 6.45) is 2.67. The number of rotatable bonds is 4. The van der Waals surface area contributed by atoms with Gasteiger partial charge in [-0.3, -0.25) is 14.8 Å². The van der Waals surface area contributed by atoms with Gasteiger partial charge in [0.1, 0.15) is 12.4 Å². The van der Waals surface area contributed by atoms with Gasteiger partial charge in [-0.1, -0.05) is 0 Å². The number of thiophene rings is 1. The van der Waals surface area contributed by atoms with Crippen molar-refractivity contribution < 1.29 is 14.4 Å². The molecule has 0 radical (unpaired) electrons. The summed E-state index contributed by atoms with van der Waals surface area (Å²) >= 11 is 1.55. The Kier molecular flexibility index (Phi) is 3.28. The highest BCUT2D eigenvalue weighted by Gasteiger charge is 2.34. The highest BCUT2D eigenvalue weighted by molar-refractivity contribution is 7.10. The van der Waals surface area contributed by atoms with Gasteiger partial charge in [0.25, 0.3) is 0 Å². The minimum atomic E-state index is -0.668. The quantitative estimate of drug-likeness (QED) is 0.637. The molecule has 0 aromatic carbocycles. The molecule has 0 N–H and O–H groups in total. The molecule has 0 bridgehead atoms. The lowest BCUT2D eigenvalue weighted by atomic mass is 10.2. The largest absolute Gasteiger partial charge is 0.343 e. The molecule has 1 aliphatic heterocycles. The Morgan fingerprint density at radius 3 is 2.95 bits per heavy atom. The van der Waals surface area contributed by atoms with Gasteiger partial charge in [-0.25, -0.2) is 0 Å². The third kappa shape index (κ3) is 2.45. The van der Waals surface area contributed by atoms with Crippen LogP contribution in [0.1, 0.15) is 17.4 Å². The van der Waals surface area contributed by atoms with Gasteiger partial charge in [-0.15, -0.1) is 11.3 Å². The Labute approximate surface area is 118 Å². The second-order valence-corrected chi connectivity index (χ2v) is 5.53. The Hall–Kier alpha value is -1.77. The average Bonchev–Trinajstić information content (AvgIpc) is 3.10. The van der Waals surface area contributed by atoms with Crippen molar-refractivity contribution in [3.63, 3.8) is 0 Å². The fraction of sp³-hybridized carbons (Fsp3) is 0.417. The molecule has 3 heterocycles. The molecule has 0 atom stereocenters. The van der Waals surface area contributed by atoms with Crippen LogP contribution in [0.3, 0.4) is 0 Å². The lowest BCUT2D eigenvalue weighted by Crippen LogP contribution is -2.20. The molecule has 106 valence electrons. The summed E-state index contributed by atoms with van der Waals surface area (Å²) in [4.78, 5) is 11.1. The van der Waals surface area contributed by atoms with Crippen LogP contribution < -0.4 is 0 Å². The van der Waals surface area contributed by atoms with Gasteiger partial charge in [-0.05, 0) is 23.9 Å². The van der Waals surface area contributed by atoms with Crippen LogP contribution in [-0.4, -0.2) is 27.9 Å². The van der Waals surface area contributed by atoms with E-state index in [4.69, 9.17) is 9.47 Å². The minimum absolute atomic E-state index is 0.00475. The smallest absolute Gasteiger partial charge is 0.307 e. The van der Waals surface area contributed by atoms with Crippen molar-refractivity contribution in [2.24, 2.45) is 0 Å². The summed E-state index contributed by atoms with van der Waals surface area (Å²) in [5.74, 6) is -0.668. The van der Waals surface area contributed by atoms with Crippen LogP contribution in [0.4, 0.5) is 5.69 Å². The molecule has 2 aromatic heterocycles. The number of aromatic nitrogens is 2. The van der Waals surface area contributed by atoms with E-state index in [1.54, 1.807) is 16.0 Å². The predicted molar refractivity (Wildman–Crippen MR) is 71.6 cm³/mol. The molecule has 0 amide bonds. The van der Waals surface area contributed by atoms with Crippen molar-refractivity contribution in [1.82, 2.24) is 9.78 Å². The lowest BCUT2D eigenvalue weighted by Gasteiger charge is -2.20. The first-order chi connectivity index (χ1) is 9.57. The zero-order valence-corrected chi connectivity index (χ0v) is 11.6. The normalized spacial score (nSPS) is 17.4. The monoisotopic (exact) mass is 295 g/mol. The molecule has 2 aromatic rings. The number of ether oxygens (including phenoxy) is 2. The van der Waals surface area contributed by atoms with Gasteiger partial charge in [0.2, 0.25) is 5.79 Å². The van der Waals surface area contributed by atoms with Crippen LogP contribution in [0, 0.1) is 10.1 Å². The fourth-order valence-electron chi connectivity index (χ4n) is 2.07. The number of nitrogens with zero attached hydrogens (tertiary/aromatic N) is 3. The van der Waals surface area contributed by atoms with E-state index >= 15 is 0 Å². The maximum atomic E-state index is 10.6. The highest BCUT2D eigenvalue weighted by Crippen LogP contribution is 2.35. The zero-order chi connectivity index (χ0) is 14.2. The van der Waals surface area contributed by atoms with Crippen LogP contribution in [0.2, 0.25) is 0 Å². The van der Waals surface area contributed by atoms with Gasteiger partial charge < -0.3 is 9.47 Å². The number of nitro groups is 1. The third-order valence-electron chi connectivity index (χ3n) is 3.11. The first-order valence-corrected chi connectivity index (χ1v) is 6.97. The average molecular weight is 295 g/mol. The molecule has 1 saturated heterocycles. The molecule has 1 aliphatic rings. The van der Waals surface area contributed by atoms with Gasteiger partial charge in [0, 0.05) is 0 Å². The second-order valence-electron chi connectivity index (χ2n) is 4.62. The number of hydrogen-bond donors (Lipinski definition) is 0. The fourth-order valence-corrected chi connectivity index (χ4v) is 3.05. The van der Waals surface area contributed by atoms with Gasteiger partial charge in [0.05, 0.1) is 29.6 Å². The van der Waals surface area contributed by atoms with Crippen molar-refractivity contribution >= 4 is 17.0 Å². The first kappa shape index (κ1) is 13.2. The highest BCUT2D eigenvalue weighted by atomic mass is 32.1. The van der Waals surface area contributed by atoms with E-state index in [1.165, 1.54) is 12.4 Å². The molecule has 8 heteroatoms. The maximum absolute atomic E-state index is 10.6. The van der Waals surface area contributed by atoms with Gasteiger partial charge in [-0.2, -0.15) is 5.10 Å². The molecule has 1 fully saturated rings. The van der Waals surface area contributed by atoms with Crippen molar-refractivity contribution in [2.75, 3.05) is 13.2 Å². The van der Waals surface area contributed by atoms with Crippen molar-refractivity contribution in [2.45, 2.75) is 19.3 Å². The van der Waals surface area contributed by atoms with Crippen LogP contribution >= 0.6 is 11.3 Å². The van der Waals surface area contributed by atoms with Crippen LogP contribution in [0.25, 0.3) is 0 Å². The molecule has 0 spiro atoms. The van der Waals surface area contributed by atoms with Crippen LogP contribution in [0.15, 0.2) is 23.8 Å². The maximum Gasteiger partial charge on any atom is 0.307 e. The summed E-state index contributed by atoms with van der Waals surface area (Å²) in [6.45, 7) is 3.57. The van der Waals surface area contributed by atoms with Gasteiger partial charge in [0.15, 0.2) is 0 Å². The molecular weight excluding hydrogens is 282 g/mol.